The van der Waals surface area contributed by atoms with Gasteiger partial charge in [-0.3, -0.25) is 4.90 Å². The van der Waals surface area contributed by atoms with Crippen molar-refractivity contribution < 1.29 is 8.78 Å². The minimum atomic E-state index is -2.48. The molecule has 1 heterocycles. The second-order valence-corrected chi connectivity index (χ2v) is 4.71. The van der Waals surface area contributed by atoms with Gasteiger partial charge < -0.3 is 0 Å². The van der Waals surface area contributed by atoms with Gasteiger partial charge in [0.2, 0.25) is 0 Å². The lowest BCUT2D eigenvalue weighted by molar-refractivity contribution is 0.00144. The number of alkyl halides is 2. The third kappa shape index (κ3) is 1.94. The lowest BCUT2D eigenvalue weighted by atomic mass is 10.1. The molecule has 0 N–H and O–H groups in total. The van der Waals surface area contributed by atoms with Crippen LogP contribution in [0.1, 0.15) is 34.1 Å². The zero-order valence-electron chi connectivity index (χ0n) is 8.19. The van der Waals surface area contributed by atoms with Crippen molar-refractivity contribution in [2.75, 3.05) is 6.54 Å². The Balaban J connectivity index is 2.71. The summed E-state index contributed by atoms with van der Waals surface area (Å²) >= 11 is 0. The molecule has 0 bridgehead atoms. The van der Waals surface area contributed by atoms with E-state index >= 15 is 0 Å². The maximum absolute atomic E-state index is 12.9. The smallest absolute Gasteiger partial charge is 0.262 e. The van der Waals surface area contributed by atoms with Crippen molar-refractivity contribution in [1.29, 1.82) is 0 Å². The van der Waals surface area contributed by atoms with Gasteiger partial charge in [0, 0.05) is 18.0 Å². The summed E-state index contributed by atoms with van der Waals surface area (Å²) in [5.74, 6) is -2.48. The zero-order valence-corrected chi connectivity index (χ0v) is 8.19. The van der Waals surface area contributed by atoms with Gasteiger partial charge in [-0.25, -0.2) is 8.78 Å². The topological polar surface area (TPSA) is 3.24 Å². The summed E-state index contributed by atoms with van der Waals surface area (Å²) in [4.78, 5) is 1.87. The molecular formula is C9H17F2N. The summed E-state index contributed by atoms with van der Waals surface area (Å²) in [7, 11) is 0. The van der Waals surface area contributed by atoms with Crippen molar-refractivity contribution in [3.63, 3.8) is 0 Å². The van der Waals surface area contributed by atoms with Crippen molar-refractivity contribution in [2.24, 2.45) is 0 Å². The molecule has 1 aliphatic heterocycles. The molecule has 12 heavy (non-hydrogen) atoms. The molecule has 1 fully saturated rings. The summed E-state index contributed by atoms with van der Waals surface area (Å²) in [5.41, 5.74) is -0.140. The van der Waals surface area contributed by atoms with Crippen molar-refractivity contribution in [2.45, 2.75) is 51.6 Å². The summed E-state index contributed by atoms with van der Waals surface area (Å²) in [6.07, 6.45) is 0.00424. The highest BCUT2D eigenvalue weighted by molar-refractivity contribution is 4.93. The third-order valence-electron chi connectivity index (χ3n) is 2.39. The second-order valence-electron chi connectivity index (χ2n) is 4.71. The van der Waals surface area contributed by atoms with E-state index in [1.165, 1.54) is 0 Å². The fourth-order valence-electron chi connectivity index (χ4n) is 1.91. The van der Waals surface area contributed by atoms with Crippen molar-refractivity contribution in [3.05, 3.63) is 0 Å². The fourth-order valence-corrected chi connectivity index (χ4v) is 1.91. The van der Waals surface area contributed by atoms with Gasteiger partial charge in [-0.15, -0.1) is 0 Å². The van der Waals surface area contributed by atoms with Gasteiger partial charge in [-0.2, -0.15) is 0 Å². The quantitative estimate of drug-likeness (QED) is 0.549. The highest BCUT2D eigenvalue weighted by Gasteiger charge is 2.46. The van der Waals surface area contributed by atoms with Crippen LogP contribution in [-0.2, 0) is 0 Å². The van der Waals surface area contributed by atoms with Gasteiger partial charge in [-0.05, 0) is 27.7 Å². The maximum Gasteiger partial charge on any atom is 0.262 e. The first-order chi connectivity index (χ1) is 5.22. The molecule has 0 aromatic heterocycles. The number of halogens is 2. The van der Waals surface area contributed by atoms with Crippen LogP contribution in [0.25, 0.3) is 0 Å². The summed E-state index contributed by atoms with van der Waals surface area (Å²) in [6, 6.07) is -0.000000000000000444. The van der Waals surface area contributed by atoms with Gasteiger partial charge in [-0.1, -0.05) is 0 Å². The number of likely N-dealkylation sites (tertiary alicyclic amines) is 1. The van der Waals surface area contributed by atoms with Crippen molar-refractivity contribution >= 4 is 0 Å². The average molecular weight is 177 g/mol. The van der Waals surface area contributed by atoms with E-state index in [2.05, 4.69) is 0 Å². The average Bonchev–Trinajstić information content (AvgIpc) is 2.03. The molecule has 0 radical (unpaired) electrons. The van der Waals surface area contributed by atoms with Crippen LogP contribution < -0.4 is 0 Å². The number of hydrogen-bond donors (Lipinski definition) is 0. The Kier molecular flexibility index (Phi) is 2.19. The van der Waals surface area contributed by atoms with Gasteiger partial charge in [0.15, 0.2) is 0 Å². The summed E-state index contributed by atoms with van der Waals surface area (Å²) in [6.45, 7) is 7.71. The molecule has 0 amide bonds. The molecule has 0 spiro atoms. The molecule has 0 aromatic carbocycles. The van der Waals surface area contributed by atoms with E-state index in [1.807, 2.05) is 32.6 Å². The minimum absolute atomic E-state index is 0.000000000000000444. The first-order valence-corrected chi connectivity index (χ1v) is 4.37. The molecule has 1 aliphatic rings. The van der Waals surface area contributed by atoms with E-state index in [9.17, 15) is 8.78 Å². The standard InChI is InChI=1S/C9H17F2N/c1-7-5-9(10,11)6-12(7)8(2,3)4/h7H,5-6H2,1-4H3/t7-/m0/s1. The molecule has 1 saturated heterocycles. The number of nitrogens with zero attached hydrogens (tertiary/aromatic N) is 1. The highest BCUT2D eigenvalue weighted by Crippen LogP contribution is 2.35. The molecular weight excluding hydrogens is 160 g/mol. The maximum atomic E-state index is 12.9. The fraction of sp³-hybridized carbons (Fsp3) is 1.00. The van der Waals surface area contributed by atoms with Gasteiger partial charge in [0.1, 0.15) is 0 Å². The highest BCUT2D eigenvalue weighted by atomic mass is 19.3. The van der Waals surface area contributed by atoms with Crippen LogP contribution in [0.15, 0.2) is 0 Å². The van der Waals surface area contributed by atoms with Crippen LogP contribution in [0.4, 0.5) is 8.78 Å². The number of rotatable bonds is 0. The molecule has 1 rings (SSSR count). The van der Waals surface area contributed by atoms with Gasteiger partial charge >= 0.3 is 0 Å². The molecule has 3 heteroatoms. The molecule has 0 aliphatic carbocycles. The molecule has 0 unspecified atom stereocenters. The molecule has 0 saturated carbocycles. The lowest BCUT2D eigenvalue weighted by Gasteiger charge is -2.34. The molecule has 0 aromatic rings. The largest absolute Gasteiger partial charge is 0.290 e. The Labute approximate surface area is 72.7 Å². The SMILES string of the molecule is C[C@H]1CC(F)(F)CN1C(C)(C)C. The Morgan fingerprint density at radius 1 is 1.33 bits per heavy atom. The molecule has 1 atom stereocenters. The van der Waals surface area contributed by atoms with Crippen LogP contribution in [-0.4, -0.2) is 28.9 Å². The zero-order chi connectivity index (χ0) is 9.57. The predicted molar refractivity (Wildman–Crippen MR) is 45.5 cm³/mol. The second kappa shape index (κ2) is 2.66. The Morgan fingerprint density at radius 2 is 1.83 bits per heavy atom. The van der Waals surface area contributed by atoms with Gasteiger partial charge in [0.05, 0.1) is 6.54 Å². The van der Waals surface area contributed by atoms with E-state index in [0.717, 1.165) is 0 Å². The third-order valence-corrected chi connectivity index (χ3v) is 2.39. The first-order valence-electron chi connectivity index (χ1n) is 4.37. The van der Waals surface area contributed by atoms with E-state index in [1.54, 1.807) is 0 Å². The van der Waals surface area contributed by atoms with Gasteiger partial charge in [0.25, 0.3) is 5.92 Å². The Bertz CT molecular complexity index is 172. The van der Waals surface area contributed by atoms with Crippen LogP contribution in [0.5, 0.6) is 0 Å². The molecule has 1 nitrogen and oxygen atoms in total. The molecule has 72 valence electrons. The van der Waals surface area contributed by atoms with Crippen molar-refractivity contribution in [1.82, 2.24) is 4.90 Å². The number of hydrogen-bond acceptors (Lipinski definition) is 1. The monoisotopic (exact) mass is 177 g/mol. The van der Waals surface area contributed by atoms with Crippen LogP contribution in [0, 0.1) is 0 Å². The van der Waals surface area contributed by atoms with E-state index < -0.39 is 5.92 Å². The Hall–Kier alpha value is -0.180. The minimum Gasteiger partial charge on any atom is -0.290 e. The van der Waals surface area contributed by atoms with Crippen molar-refractivity contribution in [3.8, 4) is 0 Å². The van der Waals surface area contributed by atoms with E-state index in [4.69, 9.17) is 0 Å². The predicted octanol–water partition coefficient (Wildman–Crippen LogP) is 2.51. The summed E-state index contributed by atoms with van der Waals surface area (Å²) < 4.78 is 25.9. The first kappa shape index (κ1) is 9.90. The van der Waals surface area contributed by atoms with Crippen LogP contribution in [0.3, 0.4) is 0 Å². The lowest BCUT2D eigenvalue weighted by Crippen LogP contribution is -2.44. The Morgan fingerprint density at radius 3 is 2.00 bits per heavy atom. The van der Waals surface area contributed by atoms with Crippen LogP contribution >= 0.6 is 0 Å². The van der Waals surface area contributed by atoms with E-state index in [-0.39, 0.29) is 24.5 Å². The van der Waals surface area contributed by atoms with E-state index in [0.29, 0.717) is 0 Å². The normalized spacial score (nSPS) is 31.0. The summed E-state index contributed by atoms with van der Waals surface area (Å²) in [5, 5.41) is 0. The van der Waals surface area contributed by atoms with Crippen LogP contribution in [0.2, 0.25) is 0 Å².